The molecule has 1 aromatic rings. The lowest BCUT2D eigenvalue weighted by atomic mass is 10.0. The van der Waals surface area contributed by atoms with Gasteiger partial charge in [0.05, 0.1) is 0 Å². The number of carbonyl (C=O) groups is 1. The third-order valence-corrected chi connectivity index (χ3v) is 3.49. The van der Waals surface area contributed by atoms with Crippen LogP contribution in [0.25, 0.3) is 0 Å². The molecule has 0 atom stereocenters. The highest BCUT2D eigenvalue weighted by molar-refractivity contribution is 5.75. The lowest BCUT2D eigenvalue weighted by molar-refractivity contribution is 0.112. The Kier molecular flexibility index (Phi) is 3.92. The summed E-state index contributed by atoms with van der Waals surface area (Å²) in [5.74, 6) is 0. The molecule has 0 amide bonds. The first-order chi connectivity index (χ1) is 8.19. The number of aldehydes is 1. The van der Waals surface area contributed by atoms with Crippen molar-refractivity contribution in [2.75, 3.05) is 33.2 Å². The molecule has 0 N–H and O–H groups in total. The zero-order chi connectivity index (χ0) is 12.3. The van der Waals surface area contributed by atoms with E-state index in [0.717, 1.165) is 44.6 Å². The molecule has 0 bridgehead atoms. The van der Waals surface area contributed by atoms with E-state index in [9.17, 15) is 4.79 Å². The Hall–Kier alpha value is -1.19. The highest BCUT2D eigenvalue weighted by Crippen LogP contribution is 2.13. The van der Waals surface area contributed by atoms with Crippen molar-refractivity contribution in [3.63, 3.8) is 0 Å². The van der Waals surface area contributed by atoms with Crippen molar-refractivity contribution in [2.45, 2.75) is 13.5 Å². The number of rotatable bonds is 3. The molecule has 1 aliphatic rings. The number of aryl methyl sites for hydroxylation is 1. The Morgan fingerprint density at radius 3 is 2.53 bits per heavy atom. The summed E-state index contributed by atoms with van der Waals surface area (Å²) in [4.78, 5) is 15.5. The lowest BCUT2D eigenvalue weighted by Gasteiger charge is -2.32. The van der Waals surface area contributed by atoms with Crippen molar-refractivity contribution in [3.05, 3.63) is 34.9 Å². The molecule has 17 heavy (non-hydrogen) atoms. The van der Waals surface area contributed by atoms with E-state index in [2.05, 4.69) is 29.8 Å². The summed E-state index contributed by atoms with van der Waals surface area (Å²) < 4.78 is 0. The van der Waals surface area contributed by atoms with Gasteiger partial charge in [0.25, 0.3) is 0 Å². The van der Waals surface area contributed by atoms with Gasteiger partial charge >= 0.3 is 0 Å². The molecule has 0 aromatic heterocycles. The van der Waals surface area contributed by atoms with Crippen molar-refractivity contribution >= 4 is 6.29 Å². The van der Waals surface area contributed by atoms with Gasteiger partial charge in [-0.3, -0.25) is 9.69 Å². The maximum Gasteiger partial charge on any atom is 0.150 e. The van der Waals surface area contributed by atoms with E-state index in [1.807, 2.05) is 12.1 Å². The second kappa shape index (κ2) is 5.43. The Morgan fingerprint density at radius 1 is 1.24 bits per heavy atom. The van der Waals surface area contributed by atoms with Crippen LogP contribution in [0.5, 0.6) is 0 Å². The molecule has 92 valence electrons. The second-order valence-electron chi connectivity index (χ2n) is 4.88. The van der Waals surface area contributed by atoms with Crippen LogP contribution in [0.4, 0.5) is 0 Å². The predicted octanol–water partition coefficient (Wildman–Crippen LogP) is 1.55. The van der Waals surface area contributed by atoms with E-state index in [-0.39, 0.29) is 0 Å². The van der Waals surface area contributed by atoms with Gasteiger partial charge in [-0.2, -0.15) is 0 Å². The van der Waals surface area contributed by atoms with Gasteiger partial charge in [-0.1, -0.05) is 12.1 Å². The van der Waals surface area contributed by atoms with Crippen LogP contribution in [0.3, 0.4) is 0 Å². The van der Waals surface area contributed by atoms with Gasteiger partial charge in [-0.25, -0.2) is 0 Å². The van der Waals surface area contributed by atoms with E-state index in [1.54, 1.807) is 0 Å². The van der Waals surface area contributed by atoms with Crippen molar-refractivity contribution in [1.29, 1.82) is 0 Å². The van der Waals surface area contributed by atoms with Crippen molar-refractivity contribution in [3.8, 4) is 0 Å². The third-order valence-electron chi connectivity index (χ3n) is 3.49. The fraction of sp³-hybridized carbons (Fsp3) is 0.500. The van der Waals surface area contributed by atoms with E-state index < -0.39 is 0 Å². The van der Waals surface area contributed by atoms with Crippen LogP contribution in [0.1, 0.15) is 21.5 Å². The molecule has 2 rings (SSSR count). The Labute approximate surface area is 103 Å². The number of benzene rings is 1. The molecule has 1 aromatic carbocycles. The van der Waals surface area contributed by atoms with E-state index in [1.165, 1.54) is 11.1 Å². The summed E-state index contributed by atoms with van der Waals surface area (Å²) >= 11 is 0. The Balaban J connectivity index is 2.01. The largest absolute Gasteiger partial charge is 0.304 e. The molecule has 1 fully saturated rings. The minimum atomic E-state index is 0.768. The molecule has 1 heterocycles. The maximum absolute atomic E-state index is 10.7. The van der Waals surface area contributed by atoms with Gasteiger partial charge in [0.15, 0.2) is 0 Å². The standard InChI is InChI=1S/C14H20N2O/c1-12-9-13(11-17)3-4-14(12)10-16-7-5-15(2)6-8-16/h3-4,9,11H,5-8,10H2,1-2H3. The number of hydrogen-bond acceptors (Lipinski definition) is 3. The number of hydrogen-bond donors (Lipinski definition) is 0. The maximum atomic E-state index is 10.7. The number of nitrogens with zero attached hydrogens (tertiary/aromatic N) is 2. The second-order valence-corrected chi connectivity index (χ2v) is 4.88. The SMILES string of the molecule is Cc1cc(C=O)ccc1CN1CCN(C)CC1. The Morgan fingerprint density at radius 2 is 1.94 bits per heavy atom. The summed E-state index contributed by atoms with van der Waals surface area (Å²) in [6, 6.07) is 5.96. The molecule has 0 saturated carbocycles. The van der Waals surface area contributed by atoms with Gasteiger partial charge in [0, 0.05) is 38.3 Å². The smallest absolute Gasteiger partial charge is 0.150 e. The van der Waals surface area contributed by atoms with Crippen LogP contribution in [-0.4, -0.2) is 49.3 Å². The summed E-state index contributed by atoms with van der Waals surface area (Å²) in [7, 11) is 2.17. The molecule has 1 saturated heterocycles. The normalized spacial score (nSPS) is 18.2. The fourth-order valence-electron chi connectivity index (χ4n) is 2.22. The molecule has 3 nitrogen and oxygen atoms in total. The minimum absolute atomic E-state index is 0.768. The van der Waals surface area contributed by atoms with Gasteiger partial charge < -0.3 is 4.90 Å². The van der Waals surface area contributed by atoms with Crippen LogP contribution >= 0.6 is 0 Å². The Bertz CT molecular complexity index is 395. The van der Waals surface area contributed by atoms with Crippen molar-refractivity contribution < 1.29 is 4.79 Å². The molecule has 0 aliphatic carbocycles. The quantitative estimate of drug-likeness (QED) is 0.739. The van der Waals surface area contributed by atoms with Gasteiger partial charge in [-0.15, -0.1) is 0 Å². The van der Waals surface area contributed by atoms with Crippen LogP contribution in [0.15, 0.2) is 18.2 Å². The van der Waals surface area contributed by atoms with Crippen molar-refractivity contribution in [2.24, 2.45) is 0 Å². The van der Waals surface area contributed by atoms with Crippen LogP contribution in [0.2, 0.25) is 0 Å². The van der Waals surface area contributed by atoms with Gasteiger partial charge in [-0.05, 0) is 31.2 Å². The first-order valence-electron chi connectivity index (χ1n) is 6.14. The predicted molar refractivity (Wildman–Crippen MR) is 69.3 cm³/mol. The van der Waals surface area contributed by atoms with Crippen molar-refractivity contribution in [1.82, 2.24) is 9.80 Å². The molecular weight excluding hydrogens is 212 g/mol. The lowest BCUT2D eigenvalue weighted by Crippen LogP contribution is -2.43. The summed E-state index contributed by atoms with van der Waals surface area (Å²) in [5, 5.41) is 0. The molecule has 0 unspecified atom stereocenters. The minimum Gasteiger partial charge on any atom is -0.304 e. The topological polar surface area (TPSA) is 23.6 Å². The highest BCUT2D eigenvalue weighted by Gasteiger charge is 2.14. The van der Waals surface area contributed by atoms with Gasteiger partial charge in [0.1, 0.15) is 6.29 Å². The fourth-order valence-corrected chi connectivity index (χ4v) is 2.22. The van der Waals surface area contributed by atoms with E-state index >= 15 is 0 Å². The first kappa shape index (κ1) is 12.3. The highest BCUT2D eigenvalue weighted by atomic mass is 16.1. The molecule has 1 aliphatic heterocycles. The first-order valence-corrected chi connectivity index (χ1v) is 6.14. The zero-order valence-electron chi connectivity index (χ0n) is 10.6. The summed E-state index contributed by atoms with van der Waals surface area (Å²) in [5.41, 5.74) is 3.32. The molecular formula is C14H20N2O. The summed E-state index contributed by atoms with van der Waals surface area (Å²) in [6.07, 6.45) is 0.909. The number of piperazine rings is 1. The van der Waals surface area contributed by atoms with Gasteiger partial charge in [0.2, 0.25) is 0 Å². The monoisotopic (exact) mass is 232 g/mol. The third kappa shape index (κ3) is 3.14. The number of carbonyl (C=O) groups excluding carboxylic acids is 1. The van der Waals surface area contributed by atoms with Crippen LogP contribution in [0, 0.1) is 6.92 Å². The van der Waals surface area contributed by atoms with E-state index in [4.69, 9.17) is 0 Å². The van der Waals surface area contributed by atoms with E-state index in [0.29, 0.717) is 0 Å². The summed E-state index contributed by atoms with van der Waals surface area (Å²) in [6.45, 7) is 7.63. The molecule has 0 radical (unpaired) electrons. The van der Waals surface area contributed by atoms with Crippen LogP contribution < -0.4 is 0 Å². The number of likely N-dealkylation sites (N-methyl/N-ethyl adjacent to an activating group) is 1. The average molecular weight is 232 g/mol. The molecule has 3 heteroatoms. The zero-order valence-corrected chi connectivity index (χ0v) is 10.6. The van der Waals surface area contributed by atoms with Crippen LogP contribution in [-0.2, 0) is 6.54 Å². The molecule has 0 spiro atoms. The average Bonchev–Trinajstić information content (AvgIpc) is 2.34.